The molecule has 1 aliphatic carbocycles. The standard InChI is InChI=1S/C11H12/c1-2-4-6-8-10-11-9-7-5-3-1/h1-10H,11H2/b2-1?,5-3+,6-4?,9-7-,10-8-. The number of hydrogen-bond acceptors (Lipinski definition) is 0. The van der Waals surface area contributed by atoms with E-state index in [2.05, 4.69) is 24.3 Å². The second-order valence-electron chi connectivity index (χ2n) is 2.25. The van der Waals surface area contributed by atoms with E-state index < -0.39 is 0 Å². The van der Waals surface area contributed by atoms with Crippen molar-refractivity contribution >= 4 is 0 Å². The fourth-order valence-electron chi connectivity index (χ4n) is 0.778. The van der Waals surface area contributed by atoms with E-state index >= 15 is 0 Å². The molecule has 0 aromatic heterocycles. The smallest absolute Gasteiger partial charge is 0.0163 e. The number of rotatable bonds is 0. The maximum Gasteiger partial charge on any atom is -0.0163 e. The van der Waals surface area contributed by atoms with Gasteiger partial charge in [0.05, 0.1) is 0 Å². The van der Waals surface area contributed by atoms with Crippen molar-refractivity contribution in [1.82, 2.24) is 0 Å². The minimum atomic E-state index is 1.01. The lowest BCUT2D eigenvalue weighted by molar-refractivity contribution is 1.39. The Kier molecular flexibility index (Phi) is 3.89. The predicted octanol–water partition coefficient (Wildman–Crippen LogP) is 3.17. The molecule has 0 atom stereocenters. The number of hydrogen-bond donors (Lipinski definition) is 0. The van der Waals surface area contributed by atoms with Gasteiger partial charge in [0.15, 0.2) is 0 Å². The molecule has 0 saturated carbocycles. The molecule has 0 fully saturated rings. The fourth-order valence-corrected chi connectivity index (χ4v) is 0.778. The van der Waals surface area contributed by atoms with Crippen LogP contribution in [0.1, 0.15) is 6.42 Å². The summed E-state index contributed by atoms with van der Waals surface area (Å²) in [4.78, 5) is 0. The van der Waals surface area contributed by atoms with Crippen molar-refractivity contribution in [3.8, 4) is 0 Å². The Morgan fingerprint density at radius 2 is 0.818 bits per heavy atom. The molecule has 0 aromatic rings. The molecule has 0 heteroatoms. The molecule has 1 rings (SSSR count). The lowest BCUT2D eigenvalue weighted by Crippen LogP contribution is -1.55. The van der Waals surface area contributed by atoms with E-state index in [1.54, 1.807) is 0 Å². The first kappa shape index (κ1) is 7.80. The highest BCUT2D eigenvalue weighted by Gasteiger charge is 1.69. The summed E-state index contributed by atoms with van der Waals surface area (Å²) in [5.74, 6) is 0. The van der Waals surface area contributed by atoms with E-state index in [0.29, 0.717) is 0 Å². The Balaban J connectivity index is 2.61. The van der Waals surface area contributed by atoms with Gasteiger partial charge in [-0.05, 0) is 6.42 Å². The molecule has 0 heterocycles. The SMILES string of the molecule is C1=C/C=C\C/C=C\C=C\C=C1. The zero-order chi connectivity index (χ0) is 7.78. The molecule has 0 N–H and O–H groups in total. The third-order valence-electron chi connectivity index (χ3n) is 1.32. The fraction of sp³-hybridized carbons (Fsp3) is 0.0909. The van der Waals surface area contributed by atoms with Crippen molar-refractivity contribution in [1.29, 1.82) is 0 Å². The molecule has 0 saturated heterocycles. The Morgan fingerprint density at radius 1 is 0.455 bits per heavy atom. The topological polar surface area (TPSA) is 0 Å². The zero-order valence-corrected chi connectivity index (χ0v) is 6.48. The van der Waals surface area contributed by atoms with Crippen LogP contribution in [-0.2, 0) is 0 Å². The summed E-state index contributed by atoms with van der Waals surface area (Å²) in [6.45, 7) is 0. The molecular weight excluding hydrogens is 132 g/mol. The Labute approximate surface area is 67.9 Å². The Morgan fingerprint density at radius 3 is 1.27 bits per heavy atom. The van der Waals surface area contributed by atoms with Crippen LogP contribution in [0.5, 0.6) is 0 Å². The van der Waals surface area contributed by atoms with Gasteiger partial charge < -0.3 is 0 Å². The van der Waals surface area contributed by atoms with Gasteiger partial charge in [0.1, 0.15) is 0 Å². The Hall–Kier alpha value is -1.30. The van der Waals surface area contributed by atoms with E-state index in [4.69, 9.17) is 0 Å². The largest absolute Gasteiger partial charge is 0.0807 e. The van der Waals surface area contributed by atoms with Gasteiger partial charge in [-0.1, -0.05) is 60.8 Å². The lowest BCUT2D eigenvalue weighted by Gasteiger charge is -1.76. The molecule has 0 aliphatic heterocycles. The summed E-state index contributed by atoms with van der Waals surface area (Å²) in [6, 6.07) is 0. The molecule has 1 aliphatic rings. The first-order valence-electron chi connectivity index (χ1n) is 3.82. The van der Waals surface area contributed by atoms with Crippen molar-refractivity contribution < 1.29 is 0 Å². The zero-order valence-electron chi connectivity index (χ0n) is 6.48. The first-order valence-corrected chi connectivity index (χ1v) is 3.82. The molecule has 0 unspecified atom stereocenters. The van der Waals surface area contributed by atoms with Crippen LogP contribution in [0.15, 0.2) is 60.8 Å². The quantitative estimate of drug-likeness (QED) is 0.490. The van der Waals surface area contributed by atoms with Crippen molar-refractivity contribution in [2.45, 2.75) is 6.42 Å². The maximum atomic E-state index is 2.12. The van der Waals surface area contributed by atoms with Crippen LogP contribution >= 0.6 is 0 Å². The van der Waals surface area contributed by atoms with Crippen LogP contribution in [0.25, 0.3) is 0 Å². The minimum absolute atomic E-state index is 1.01. The summed E-state index contributed by atoms with van der Waals surface area (Å²) in [6.07, 6.45) is 21.5. The number of allylic oxidation sites excluding steroid dienone is 10. The minimum Gasteiger partial charge on any atom is -0.0807 e. The van der Waals surface area contributed by atoms with Gasteiger partial charge in [-0.2, -0.15) is 0 Å². The molecule has 0 nitrogen and oxygen atoms in total. The summed E-state index contributed by atoms with van der Waals surface area (Å²) < 4.78 is 0. The van der Waals surface area contributed by atoms with Crippen LogP contribution in [0, 0.1) is 0 Å². The highest BCUT2D eigenvalue weighted by Crippen LogP contribution is 1.90. The third kappa shape index (κ3) is 4.15. The van der Waals surface area contributed by atoms with Crippen LogP contribution < -0.4 is 0 Å². The van der Waals surface area contributed by atoms with E-state index in [-0.39, 0.29) is 0 Å². The van der Waals surface area contributed by atoms with Crippen molar-refractivity contribution in [2.24, 2.45) is 0 Å². The van der Waals surface area contributed by atoms with Gasteiger partial charge in [0.25, 0.3) is 0 Å². The average molecular weight is 144 g/mol. The van der Waals surface area contributed by atoms with Gasteiger partial charge in [0, 0.05) is 0 Å². The van der Waals surface area contributed by atoms with Crippen LogP contribution in [-0.4, -0.2) is 0 Å². The van der Waals surface area contributed by atoms with Crippen molar-refractivity contribution in [2.75, 3.05) is 0 Å². The van der Waals surface area contributed by atoms with Crippen molar-refractivity contribution in [3.63, 3.8) is 0 Å². The molecule has 56 valence electrons. The predicted molar refractivity (Wildman–Crippen MR) is 50.3 cm³/mol. The van der Waals surface area contributed by atoms with Crippen molar-refractivity contribution in [3.05, 3.63) is 60.8 Å². The molecule has 0 bridgehead atoms. The highest BCUT2D eigenvalue weighted by atomic mass is 13.8. The summed E-state index contributed by atoms with van der Waals surface area (Å²) in [5, 5.41) is 0. The van der Waals surface area contributed by atoms with Gasteiger partial charge in [-0.3, -0.25) is 0 Å². The van der Waals surface area contributed by atoms with Crippen LogP contribution in [0.4, 0.5) is 0 Å². The maximum absolute atomic E-state index is 2.12. The monoisotopic (exact) mass is 144 g/mol. The lowest BCUT2D eigenvalue weighted by atomic mass is 10.3. The molecule has 0 spiro atoms. The molecule has 0 radical (unpaired) electrons. The molecule has 0 aromatic carbocycles. The van der Waals surface area contributed by atoms with E-state index in [1.807, 2.05) is 36.5 Å². The van der Waals surface area contributed by atoms with E-state index in [1.165, 1.54) is 0 Å². The molecular formula is C11H12. The van der Waals surface area contributed by atoms with E-state index in [9.17, 15) is 0 Å². The summed E-state index contributed by atoms with van der Waals surface area (Å²) >= 11 is 0. The highest BCUT2D eigenvalue weighted by molar-refractivity contribution is 5.19. The van der Waals surface area contributed by atoms with Crippen LogP contribution in [0.2, 0.25) is 0 Å². The molecule has 11 heavy (non-hydrogen) atoms. The normalized spacial score (nSPS) is 25.5. The first-order chi connectivity index (χ1) is 5.50. The van der Waals surface area contributed by atoms with Crippen LogP contribution in [0.3, 0.4) is 0 Å². The summed E-state index contributed by atoms with van der Waals surface area (Å²) in [7, 11) is 0. The third-order valence-corrected chi connectivity index (χ3v) is 1.32. The van der Waals surface area contributed by atoms with Gasteiger partial charge in [-0.15, -0.1) is 0 Å². The second kappa shape index (κ2) is 5.48. The average Bonchev–Trinajstić information content (AvgIpc) is 2.08. The van der Waals surface area contributed by atoms with Gasteiger partial charge in [0.2, 0.25) is 0 Å². The Bertz CT molecular complexity index is 200. The second-order valence-corrected chi connectivity index (χ2v) is 2.25. The molecule has 0 amide bonds. The summed E-state index contributed by atoms with van der Waals surface area (Å²) in [5.41, 5.74) is 0. The van der Waals surface area contributed by atoms with E-state index in [0.717, 1.165) is 6.42 Å². The van der Waals surface area contributed by atoms with Gasteiger partial charge in [-0.25, -0.2) is 0 Å². The van der Waals surface area contributed by atoms with Gasteiger partial charge >= 0.3 is 0 Å².